The summed E-state index contributed by atoms with van der Waals surface area (Å²) in [6, 6.07) is 0. The molecule has 1 rings (SSSR count). The van der Waals surface area contributed by atoms with E-state index in [1.165, 1.54) is 12.8 Å². The van der Waals surface area contributed by atoms with E-state index in [-0.39, 0.29) is 0 Å². The summed E-state index contributed by atoms with van der Waals surface area (Å²) in [5.74, 6) is 0.919. The Kier molecular flexibility index (Phi) is 5.69. The van der Waals surface area contributed by atoms with Gasteiger partial charge in [0.15, 0.2) is 0 Å². The van der Waals surface area contributed by atoms with Crippen LogP contribution in [-0.2, 0) is 4.79 Å². The van der Waals surface area contributed by atoms with Crippen molar-refractivity contribution in [2.75, 3.05) is 26.2 Å². The number of nitrogens with one attached hydrogen (secondary N) is 1. The van der Waals surface area contributed by atoms with Crippen molar-refractivity contribution in [2.45, 2.75) is 39.5 Å². The smallest absolute Gasteiger partial charge is 0.222 e. The van der Waals surface area contributed by atoms with Gasteiger partial charge in [0.2, 0.25) is 5.91 Å². The fraction of sp³-hybridized carbons (Fsp3) is 0.917. The lowest BCUT2D eigenvalue weighted by atomic mass is 10.1. The maximum Gasteiger partial charge on any atom is 0.222 e. The molecule has 1 amide bonds. The molecule has 0 aromatic heterocycles. The van der Waals surface area contributed by atoms with Crippen LogP contribution in [0.15, 0.2) is 0 Å². The van der Waals surface area contributed by atoms with Crippen molar-refractivity contribution >= 4 is 5.91 Å². The van der Waals surface area contributed by atoms with Crippen LogP contribution in [-0.4, -0.2) is 37.0 Å². The van der Waals surface area contributed by atoms with E-state index in [2.05, 4.69) is 24.1 Å². The number of hydrogen-bond donors (Lipinski definition) is 1. The van der Waals surface area contributed by atoms with E-state index < -0.39 is 0 Å². The Morgan fingerprint density at radius 3 is 2.93 bits per heavy atom. The Balaban J connectivity index is 2.30. The number of hydrogen-bond acceptors (Lipinski definition) is 2. The highest BCUT2D eigenvalue weighted by molar-refractivity contribution is 5.76. The molecule has 0 saturated carbocycles. The fourth-order valence-electron chi connectivity index (χ4n) is 2.06. The molecule has 0 aromatic carbocycles. The van der Waals surface area contributed by atoms with E-state index in [9.17, 15) is 4.79 Å². The monoisotopic (exact) mass is 212 g/mol. The third-order valence-corrected chi connectivity index (χ3v) is 2.95. The molecule has 0 spiro atoms. The first kappa shape index (κ1) is 12.5. The molecule has 88 valence electrons. The highest BCUT2D eigenvalue weighted by Crippen LogP contribution is 2.12. The molecule has 15 heavy (non-hydrogen) atoms. The Hall–Kier alpha value is -0.570. The standard InChI is InChI=1S/C12H24N2O/c1-3-13-9-11(2)10-14-8-6-4-5-7-12(14)15/h11,13H,3-10H2,1-2H3. The number of likely N-dealkylation sites (tertiary alicyclic amines) is 1. The van der Waals surface area contributed by atoms with Gasteiger partial charge in [-0.05, 0) is 31.8 Å². The van der Waals surface area contributed by atoms with Crippen molar-refractivity contribution in [3.8, 4) is 0 Å². The van der Waals surface area contributed by atoms with E-state index in [1.54, 1.807) is 0 Å². The van der Waals surface area contributed by atoms with Gasteiger partial charge in [-0.1, -0.05) is 20.3 Å². The third kappa shape index (κ3) is 4.65. The molecule has 0 aliphatic carbocycles. The van der Waals surface area contributed by atoms with Gasteiger partial charge < -0.3 is 10.2 Å². The topological polar surface area (TPSA) is 32.3 Å². The number of carbonyl (C=O) groups is 1. The van der Waals surface area contributed by atoms with Crippen molar-refractivity contribution in [3.05, 3.63) is 0 Å². The van der Waals surface area contributed by atoms with E-state index in [1.807, 2.05) is 0 Å². The summed E-state index contributed by atoms with van der Waals surface area (Å²) in [4.78, 5) is 13.8. The first-order valence-corrected chi connectivity index (χ1v) is 6.22. The first-order chi connectivity index (χ1) is 7.24. The Morgan fingerprint density at radius 2 is 2.20 bits per heavy atom. The van der Waals surface area contributed by atoms with Gasteiger partial charge in [0.05, 0.1) is 0 Å². The lowest BCUT2D eigenvalue weighted by Gasteiger charge is -2.24. The van der Waals surface area contributed by atoms with Gasteiger partial charge in [-0.3, -0.25) is 4.79 Å². The number of amides is 1. The minimum absolute atomic E-state index is 0.357. The highest BCUT2D eigenvalue weighted by atomic mass is 16.2. The second-order valence-electron chi connectivity index (χ2n) is 4.56. The summed E-state index contributed by atoms with van der Waals surface area (Å²) in [5.41, 5.74) is 0. The molecule has 3 nitrogen and oxygen atoms in total. The van der Waals surface area contributed by atoms with Crippen molar-refractivity contribution < 1.29 is 4.79 Å². The summed E-state index contributed by atoms with van der Waals surface area (Å²) >= 11 is 0. The van der Waals surface area contributed by atoms with Crippen LogP contribution in [0.2, 0.25) is 0 Å². The molecule has 1 fully saturated rings. The van der Waals surface area contributed by atoms with Crippen LogP contribution in [0.5, 0.6) is 0 Å². The van der Waals surface area contributed by atoms with Gasteiger partial charge >= 0.3 is 0 Å². The van der Waals surface area contributed by atoms with Crippen LogP contribution in [0.3, 0.4) is 0 Å². The van der Waals surface area contributed by atoms with E-state index >= 15 is 0 Å². The zero-order chi connectivity index (χ0) is 11.1. The van der Waals surface area contributed by atoms with Gasteiger partial charge in [-0.2, -0.15) is 0 Å². The van der Waals surface area contributed by atoms with Crippen LogP contribution < -0.4 is 5.32 Å². The van der Waals surface area contributed by atoms with Crippen molar-refractivity contribution in [1.29, 1.82) is 0 Å². The molecule has 1 aliphatic heterocycles. The molecule has 1 N–H and O–H groups in total. The van der Waals surface area contributed by atoms with Gasteiger partial charge in [0.1, 0.15) is 0 Å². The second-order valence-corrected chi connectivity index (χ2v) is 4.56. The van der Waals surface area contributed by atoms with E-state index in [4.69, 9.17) is 0 Å². The Labute approximate surface area is 93.2 Å². The molecule has 1 atom stereocenters. The van der Waals surface area contributed by atoms with Crippen LogP contribution in [0.25, 0.3) is 0 Å². The minimum atomic E-state index is 0.357. The normalized spacial score (nSPS) is 20.1. The SMILES string of the molecule is CCNCC(C)CN1CCCCCC1=O. The van der Waals surface area contributed by atoms with E-state index in [0.717, 1.165) is 39.0 Å². The van der Waals surface area contributed by atoms with Gasteiger partial charge in [-0.25, -0.2) is 0 Å². The fourth-order valence-corrected chi connectivity index (χ4v) is 2.06. The average Bonchev–Trinajstić information content (AvgIpc) is 2.42. The molecule has 0 aromatic rings. The largest absolute Gasteiger partial charge is 0.342 e. The molecular formula is C12H24N2O. The van der Waals surface area contributed by atoms with E-state index in [0.29, 0.717) is 11.8 Å². The molecule has 1 saturated heterocycles. The van der Waals surface area contributed by atoms with Crippen molar-refractivity contribution in [2.24, 2.45) is 5.92 Å². The van der Waals surface area contributed by atoms with Gasteiger partial charge in [-0.15, -0.1) is 0 Å². The van der Waals surface area contributed by atoms with Crippen molar-refractivity contribution in [3.63, 3.8) is 0 Å². The summed E-state index contributed by atoms with van der Waals surface area (Å²) < 4.78 is 0. The van der Waals surface area contributed by atoms with Crippen LogP contribution in [0.4, 0.5) is 0 Å². The summed E-state index contributed by atoms with van der Waals surface area (Å²) in [6.45, 7) is 8.24. The summed E-state index contributed by atoms with van der Waals surface area (Å²) in [5, 5.41) is 3.33. The lowest BCUT2D eigenvalue weighted by molar-refractivity contribution is -0.131. The van der Waals surface area contributed by atoms with Crippen LogP contribution in [0, 0.1) is 5.92 Å². The number of rotatable bonds is 5. The number of carbonyl (C=O) groups excluding carboxylic acids is 1. The van der Waals surface area contributed by atoms with Crippen molar-refractivity contribution in [1.82, 2.24) is 10.2 Å². The molecular weight excluding hydrogens is 188 g/mol. The quantitative estimate of drug-likeness (QED) is 0.751. The predicted molar refractivity (Wildman–Crippen MR) is 62.8 cm³/mol. The molecule has 1 aliphatic rings. The first-order valence-electron chi connectivity index (χ1n) is 6.22. The number of nitrogens with zero attached hydrogens (tertiary/aromatic N) is 1. The van der Waals surface area contributed by atoms with Gasteiger partial charge in [0, 0.05) is 19.5 Å². The maximum absolute atomic E-state index is 11.7. The molecule has 1 unspecified atom stereocenters. The predicted octanol–water partition coefficient (Wildman–Crippen LogP) is 1.63. The zero-order valence-electron chi connectivity index (χ0n) is 10.1. The molecule has 3 heteroatoms. The second kappa shape index (κ2) is 6.83. The molecule has 0 radical (unpaired) electrons. The third-order valence-electron chi connectivity index (χ3n) is 2.95. The van der Waals surface area contributed by atoms with Gasteiger partial charge in [0.25, 0.3) is 0 Å². The maximum atomic E-state index is 11.7. The molecule has 0 bridgehead atoms. The summed E-state index contributed by atoms with van der Waals surface area (Å²) in [6.07, 6.45) is 4.23. The zero-order valence-corrected chi connectivity index (χ0v) is 10.1. The lowest BCUT2D eigenvalue weighted by Crippen LogP contribution is -2.37. The highest BCUT2D eigenvalue weighted by Gasteiger charge is 2.18. The van der Waals surface area contributed by atoms with Crippen LogP contribution in [0.1, 0.15) is 39.5 Å². The average molecular weight is 212 g/mol. The van der Waals surface area contributed by atoms with Crippen LogP contribution >= 0.6 is 0 Å². The Morgan fingerprint density at radius 1 is 1.40 bits per heavy atom. The minimum Gasteiger partial charge on any atom is -0.342 e. The molecule has 1 heterocycles. The Bertz CT molecular complexity index is 194. The summed E-state index contributed by atoms with van der Waals surface area (Å²) in [7, 11) is 0.